The minimum absolute atomic E-state index is 0.0109. The van der Waals surface area contributed by atoms with Gasteiger partial charge >= 0.3 is 11.9 Å². The molecule has 0 spiro atoms. The molecular weight excluding hydrogens is 1210 g/mol. The molecule has 0 rings (SSSR count). The van der Waals surface area contributed by atoms with E-state index in [1.165, 1.54) is 0 Å². The van der Waals surface area contributed by atoms with E-state index in [1.54, 1.807) is 41.5 Å². The van der Waals surface area contributed by atoms with E-state index in [4.69, 9.17) is 51.6 Å². The van der Waals surface area contributed by atoms with Gasteiger partial charge in [-0.15, -0.1) is 0 Å². The fourth-order valence-corrected chi connectivity index (χ4v) is 9.26. The Kier molecular flexibility index (Phi) is 42.1. The first-order chi connectivity index (χ1) is 43.7. The number of carboxylic acid groups (broad SMARTS) is 2. The quantitative estimate of drug-likeness (QED) is 0.0155. The molecule has 0 aromatic rings. The topological polar surface area (TPSA) is 625 Å². The standard InChI is InChI=1S/C58H109N21O14/c1-8-10-18-35(47(84)72-37(21-16-27-70-58(66)67)48(85)75-39(55(92)93)20-12-14-25-68-56(62)63)74-54(91)45(33(7)9-2)79-53(90)42(30-44(81)82)78-50(87)38(22-23-43(61)80)73-51(88)40(28-31(3)4)77-52(89)41(29-32(5)6)76-49(86)36(19-11-13-24-59)71-46(83)34(60)17-15-26-69-57(64)65/h31-42,45H,8-30,59-60H2,1-7H3,(H2,61,80)(H,71,83)(H,72,84)(H,73,88)(H,74,91)(H,75,85)(H,76,86)(H,77,89)(H,78,87)(H,79,90)(H,81,82)(H,92,93)(H4,62,63,68)(H4,64,65,69)(H4,66,67,70)/t33-,34-,35-,36-,37+,38-,39-,40-,41-,42-,45-/m0/s1. The summed E-state index contributed by atoms with van der Waals surface area (Å²) >= 11 is 0. The summed E-state index contributed by atoms with van der Waals surface area (Å²) in [5.41, 5.74) is 49.8. The van der Waals surface area contributed by atoms with Gasteiger partial charge in [0.1, 0.15) is 54.4 Å². The van der Waals surface area contributed by atoms with Crippen LogP contribution in [-0.4, -0.2) is 186 Å². The molecule has 0 fully saturated rings. The first-order valence-corrected chi connectivity index (χ1v) is 31.8. The number of rotatable bonds is 50. The van der Waals surface area contributed by atoms with Crippen LogP contribution in [0.2, 0.25) is 0 Å². The molecular formula is C58H109N21O14. The molecule has 10 amide bonds. The molecule has 35 nitrogen and oxygen atoms in total. The van der Waals surface area contributed by atoms with Crippen LogP contribution in [0.4, 0.5) is 0 Å². The molecule has 0 aliphatic carbocycles. The lowest BCUT2D eigenvalue weighted by molar-refractivity contribution is -0.143. The van der Waals surface area contributed by atoms with Crippen LogP contribution in [0.15, 0.2) is 15.0 Å². The monoisotopic (exact) mass is 1320 g/mol. The van der Waals surface area contributed by atoms with Crippen molar-refractivity contribution in [2.24, 2.45) is 84.3 Å². The molecule has 0 aromatic heterocycles. The van der Waals surface area contributed by atoms with Crippen LogP contribution in [0.5, 0.6) is 0 Å². The van der Waals surface area contributed by atoms with Gasteiger partial charge in [-0.3, -0.25) is 67.7 Å². The van der Waals surface area contributed by atoms with Crippen molar-refractivity contribution in [3.63, 3.8) is 0 Å². The summed E-state index contributed by atoms with van der Waals surface area (Å²) in [7, 11) is 0. The highest BCUT2D eigenvalue weighted by molar-refractivity contribution is 5.99. The molecule has 0 saturated carbocycles. The SMILES string of the molecule is CCCC[C@H](NC(=O)[C@@H](NC(=O)[C@H](CC(=O)O)NC(=O)[C@H](CCC(N)=O)NC(=O)[C@H](CC(C)C)NC(=O)[C@H](CC(C)C)NC(=O)[C@H](CCCCN)NC(=O)[C@@H](N)CCCN=C(N)N)[C@@H](C)CC)C(=O)N[C@H](CCCN=C(N)N)C(=O)N[C@@H](CCCCN=C(N)N)C(=O)O. The van der Waals surface area contributed by atoms with Gasteiger partial charge in [-0.05, 0) is 114 Å². The van der Waals surface area contributed by atoms with Crippen LogP contribution in [0.1, 0.15) is 170 Å². The number of nitrogens with zero attached hydrogens (tertiary/aromatic N) is 3. The van der Waals surface area contributed by atoms with Gasteiger partial charge in [0.25, 0.3) is 0 Å². The summed E-state index contributed by atoms with van der Waals surface area (Å²) in [4.78, 5) is 175. The van der Waals surface area contributed by atoms with Crippen molar-refractivity contribution in [1.29, 1.82) is 0 Å². The summed E-state index contributed by atoms with van der Waals surface area (Å²) < 4.78 is 0. The highest BCUT2D eigenvalue weighted by Gasteiger charge is 2.38. The summed E-state index contributed by atoms with van der Waals surface area (Å²) in [5, 5.41) is 43.1. The number of unbranched alkanes of at least 4 members (excludes halogenated alkanes) is 3. The Morgan fingerprint density at radius 1 is 0.398 bits per heavy atom. The fourth-order valence-electron chi connectivity index (χ4n) is 9.26. The van der Waals surface area contributed by atoms with Crippen molar-refractivity contribution < 1.29 is 67.7 Å². The van der Waals surface area contributed by atoms with Gasteiger partial charge in [0, 0.05) is 26.1 Å². The Morgan fingerprint density at radius 2 is 0.753 bits per heavy atom. The van der Waals surface area contributed by atoms with Gasteiger partial charge in [-0.2, -0.15) is 0 Å². The maximum Gasteiger partial charge on any atom is 0.326 e. The number of nitrogens with two attached hydrogens (primary N) is 9. The largest absolute Gasteiger partial charge is 0.481 e. The second kappa shape index (κ2) is 46.4. The van der Waals surface area contributed by atoms with Gasteiger partial charge in [-0.1, -0.05) is 67.7 Å². The Balaban J connectivity index is 6.97. The maximum atomic E-state index is 14.4. The average Bonchev–Trinajstić information content (AvgIpc) is 1.10. The Labute approximate surface area is 544 Å². The number of carboxylic acids is 2. The van der Waals surface area contributed by atoms with Crippen molar-refractivity contribution in [2.45, 2.75) is 231 Å². The van der Waals surface area contributed by atoms with E-state index in [-0.39, 0.29) is 107 Å². The minimum Gasteiger partial charge on any atom is -0.481 e. The smallest absolute Gasteiger partial charge is 0.326 e. The number of nitrogens with one attached hydrogen (secondary N) is 9. The molecule has 0 aliphatic heterocycles. The van der Waals surface area contributed by atoms with E-state index in [9.17, 15) is 67.7 Å². The zero-order chi connectivity index (χ0) is 70.9. The fraction of sp³-hybridized carbons (Fsp3) is 0.741. The lowest BCUT2D eigenvalue weighted by atomic mass is 9.96. The lowest BCUT2D eigenvalue weighted by Crippen LogP contribution is -2.61. The zero-order valence-electron chi connectivity index (χ0n) is 55.1. The number of carbonyl (C=O) groups is 12. The van der Waals surface area contributed by atoms with Crippen LogP contribution in [0, 0.1) is 17.8 Å². The van der Waals surface area contributed by atoms with Crippen LogP contribution >= 0.6 is 0 Å². The molecule has 530 valence electrons. The Morgan fingerprint density at radius 3 is 1.17 bits per heavy atom. The van der Waals surface area contributed by atoms with Gasteiger partial charge in [-0.25, -0.2) is 4.79 Å². The predicted molar refractivity (Wildman–Crippen MR) is 349 cm³/mol. The number of guanidine groups is 3. The van der Waals surface area contributed by atoms with E-state index < -0.39 is 157 Å². The third-order valence-electron chi connectivity index (χ3n) is 14.5. The molecule has 35 heteroatoms. The van der Waals surface area contributed by atoms with Gasteiger partial charge in [0.15, 0.2) is 17.9 Å². The number of primary amides is 1. The molecule has 0 bridgehead atoms. The second-order valence-electron chi connectivity index (χ2n) is 23.8. The predicted octanol–water partition coefficient (Wildman–Crippen LogP) is -4.49. The Hall–Kier alpha value is -8.63. The molecule has 0 saturated heterocycles. The van der Waals surface area contributed by atoms with Crippen molar-refractivity contribution in [3.05, 3.63) is 0 Å². The lowest BCUT2D eigenvalue weighted by Gasteiger charge is -2.30. The molecule has 29 N–H and O–H groups in total. The number of hydrogen-bond donors (Lipinski definition) is 20. The highest BCUT2D eigenvalue weighted by Crippen LogP contribution is 2.15. The van der Waals surface area contributed by atoms with Crippen molar-refractivity contribution in [3.8, 4) is 0 Å². The van der Waals surface area contributed by atoms with Crippen molar-refractivity contribution in [2.75, 3.05) is 26.2 Å². The molecule has 11 atom stereocenters. The highest BCUT2D eigenvalue weighted by atomic mass is 16.4. The van der Waals surface area contributed by atoms with E-state index in [0.29, 0.717) is 51.5 Å². The van der Waals surface area contributed by atoms with Crippen LogP contribution in [0.3, 0.4) is 0 Å². The third kappa shape index (κ3) is 37.5. The summed E-state index contributed by atoms with van der Waals surface area (Å²) in [6.07, 6.45) is 1.40. The van der Waals surface area contributed by atoms with E-state index in [2.05, 4.69) is 62.8 Å². The van der Waals surface area contributed by atoms with E-state index in [1.807, 2.05) is 6.92 Å². The molecule has 0 aliphatic rings. The van der Waals surface area contributed by atoms with E-state index >= 15 is 0 Å². The number of amides is 10. The van der Waals surface area contributed by atoms with Crippen LogP contribution < -0.4 is 99.5 Å². The molecule has 0 aromatic carbocycles. The summed E-state index contributed by atoms with van der Waals surface area (Å²) in [6.45, 7) is 12.9. The number of aliphatic carboxylic acids is 2. The van der Waals surface area contributed by atoms with Crippen molar-refractivity contribution >= 4 is 88.9 Å². The third-order valence-corrected chi connectivity index (χ3v) is 14.5. The van der Waals surface area contributed by atoms with Crippen LogP contribution in [0.25, 0.3) is 0 Å². The number of carbonyl (C=O) groups excluding carboxylic acids is 10. The second-order valence-corrected chi connectivity index (χ2v) is 23.8. The van der Waals surface area contributed by atoms with Crippen molar-refractivity contribution in [1.82, 2.24) is 47.9 Å². The summed E-state index contributed by atoms with van der Waals surface area (Å²) in [5.74, 6) is -13.7. The first kappa shape index (κ1) is 84.4. The van der Waals surface area contributed by atoms with Gasteiger partial charge in [0.2, 0.25) is 59.1 Å². The Bertz CT molecular complexity index is 2510. The van der Waals surface area contributed by atoms with E-state index in [0.717, 1.165) is 0 Å². The van der Waals surface area contributed by atoms with Gasteiger partial charge in [0.05, 0.1) is 12.5 Å². The van der Waals surface area contributed by atoms with Gasteiger partial charge < -0.3 is 110 Å². The molecule has 93 heavy (non-hydrogen) atoms. The number of aliphatic imine (C=N–C) groups is 3. The summed E-state index contributed by atoms with van der Waals surface area (Å²) in [6, 6.07) is -14.1. The normalized spacial score (nSPS) is 14.6. The number of hydrogen-bond acceptors (Lipinski definition) is 17. The molecule has 0 radical (unpaired) electrons. The minimum atomic E-state index is -1.95. The average molecular weight is 1320 g/mol. The molecule has 0 unspecified atom stereocenters. The molecule has 0 heterocycles. The van der Waals surface area contributed by atoms with Crippen LogP contribution in [-0.2, 0) is 57.5 Å². The first-order valence-electron chi connectivity index (χ1n) is 31.8. The zero-order valence-corrected chi connectivity index (χ0v) is 55.1. The maximum absolute atomic E-state index is 14.4.